The summed E-state index contributed by atoms with van der Waals surface area (Å²) < 4.78 is 38.7. The molecule has 0 unspecified atom stereocenters. The van der Waals surface area contributed by atoms with Crippen molar-refractivity contribution in [3.05, 3.63) is 40.6 Å². The van der Waals surface area contributed by atoms with E-state index in [4.69, 9.17) is 5.73 Å². The lowest BCUT2D eigenvalue weighted by Gasteiger charge is -2.16. The number of halogens is 1. The van der Waals surface area contributed by atoms with Crippen LogP contribution in [0.1, 0.15) is 5.69 Å². The lowest BCUT2D eigenvalue weighted by molar-refractivity contribution is 0.463. The van der Waals surface area contributed by atoms with Gasteiger partial charge in [0, 0.05) is 12.4 Å². The van der Waals surface area contributed by atoms with Crippen LogP contribution in [0, 0.1) is 5.82 Å². The number of hydrogen-bond donors (Lipinski definition) is 1. The van der Waals surface area contributed by atoms with E-state index >= 15 is 0 Å². The molecule has 1 aromatic heterocycles. The van der Waals surface area contributed by atoms with Gasteiger partial charge in [-0.3, -0.25) is 0 Å². The molecule has 0 bridgehead atoms. The Morgan fingerprint density at radius 1 is 1.47 bits per heavy atom. The molecule has 1 aromatic carbocycles. The molecule has 0 aliphatic rings. The van der Waals surface area contributed by atoms with E-state index in [-0.39, 0.29) is 17.1 Å². The number of thiazole rings is 1. The molecule has 1 heterocycles. The summed E-state index contributed by atoms with van der Waals surface area (Å²) in [5, 5.41) is 1.77. The number of aromatic nitrogens is 1. The molecule has 2 aromatic rings. The molecule has 102 valence electrons. The van der Waals surface area contributed by atoms with Gasteiger partial charge in [0.15, 0.2) is 0 Å². The van der Waals surface area contributed by atoms with Gasteiger partial charge < -0.3 is 5.73 Å². The summed E-state index contributed by atoms with van der Waals surface area (Å²) in [4.78, 5) is 3.98. The third-order valence-electron chi connectivity index (χ3n) is 2.54. The fourth-order valence-corrected chi connectivity index (χ4v) is 3.22. The lowest BCUT2D eigenvalue weighted by atomic mass is 10.3. The fourth-order valence-electron chi connectivity index (χ4n) is 1.49. The molecule has 2 rings (SSSR count). The Labute approximate surface area is 114 Å². The van der Waals surface area contributed by atoms with Crippen molar-refractivity contribution in [1.29, 1.82) is 0 Å². The molecule has 0 amide bonds. The minimum absolute atomic E-state index is 0.0378. The average molecular weight is 301 g/mol. The molecule has 2 N–H and O–H groups in total. The van der Waals surface area contributed by atoms with Crippen LogP contribution >= 0.6 is 11.3 Å². The van der Waals surface area contributed by atoms with Crippen LogP contribution in [0.3, 0.4) is 0 Å². The fraction of sp³-hybridized carbons (Fsp3) is 0.182. The van der Waals surface area contributed by atoms with E-state index in [9.17, 15) is 12.8 Å². The summed E-state index contributed by atoms with van der Waals surface area (Å²) in [6.45, 7) is 0.156. The van der Waals surface area contributed by atoms with E-state index < -0.39 is 15.8 Å². The molecule has 0 atom stereocenters. The summed E-state index contributed by atoms with van der Waals surface area (Å²) in [5.74, 6) is -0.638. The van der Waals surface area contributed by atoms with Crippen LogP contribution in [-0.2, 0) is 16.6 Å². The molecule has 0 saturated carbocycles. The van der Waals surface area contributed by atoms with Crippen LogP contribution < -0.4 is 5.73 Å². The Morgan fingerprint density at radius 2 is 2.21 bits per heavy atom. The lowest BCUT2D eigenvalue weighted by Crippen LogP contribution is -2.26. The van der Waals surface area contributed by atoms with Gasteiger partial charge in [-0.25, -0.2) is 17.8 Å². The Hall–Kier alpha value is -1.51. The number of rotatable bonds is 4. The average Bonchev–Trinajstić information content (AvgIpc) is 2.85. The van der Waals surface area contributed by atoms with Crippen molar-refractivity contribution < 1.29 is 12.8 Å². The molecule has 8 heteroatoms. The first kappa shape index (κ1) is 13.9. The number of nitrogens with zero attached hydrogens (tertiary/aromatic N) is 2. The first-order chi connectivity index (χ1) is 8.91. The van der Waals surface area contributed by atoms with Gasteiger partial charge in [-0.2, -0.15) is 4.31 Å². The van der Waals surface area contributed by atoms with Crippen molar-refractivity contribution in [2.75, 3.05) is 12.8 Å². The Kier molecular flexibility index (Phi) is 3.83. The highest BCUT2D eigenvalue weighted by Gasteiger charge is 2.22. The first-order valence-corrected chi connectivity index (χ1v) is 7.68. The van der Waals surface area contributed by atoms with E-state index in [1.807, 2.05) is 0 Å². The van der Waals surface area contributed by atoms with Gasteiger partial charge in [0.1, 0.15) is 5.82 Å². The van der Waals surface area contributed by atoms with Gasteiger partial charge in [0.2, 0.25) is 10.0 Å². The Bertz CT molecular complexity index is 671. The predicted molar refractivity (Wildman–Crippen MR) is 71.6 cm³/mol. The predicted octanol–water partition coefficient (Wildman–Crippen LogP) is 1.69. The largest absolute Gasteiger partial charge is 0.396 e. The topological polar surface area (TPSA) is 76.3 Å². The molecular formula is C11H12FN3O2S2. The molecule has 0 saturated heterocycles. The molecule has 0 fully saturated rings. The summed E-state index contributed by atoms with van der Waals surface area (Å²) in [7, 11) is -2.26. The quantitative estimate of drug-likeness (QED) is 0.872. The summed E-state index contributed by atoms with van der Waals surface area (Å²) in [5.41, 5.74) is 7.48. The molecule has 0 radical (unpaired) electrons. The minimum atomic E-state index is -3.70. The van der Waals surface area contributed by atoms with Crippen LogP contribution in [0.5, 0.6) is 0 Å². The molecule has 0 spiro atoms. The van der Waals surface area contributed by atoms with Crippen LogP contribution in [0.25, 0.3) is 0 Å². The maximum Gasteiger partial charge on any atom is 0.243 e. The molecule has 0 aliphatic heterocycles. The summed E-state index contributed by atoms with van der Waals surface area (Å²) >= 11 is 1.39. The third-order valence-corrected chi connectivity index (χ3v) is 4.98. The van der Waals surface area contributed by atoms with Crippen LogP contribution in [0.15, 0.2) is 34.0 Å². The van der Waals surface area contributed by atoms with E-state index in [0.717, 1.165) is 16.4 Å². The summed E-state index contributed by atoms with van der Waals surface area (Å²) in [6.07, 6.45) is 0. The van der Waals surface area contributed by atoms with E-state index in [2.05, 4.69) is 4.98 Å². The Morgan fingerprint density at radius 3 is 2.79 bits per heavy atom. The number of benzene rings is 1. The molecular weight excluding hydrogens is 289 g/mol. The van der Waals surface area contributed by atoms with Crippen molar-refractivity contribution in [3.8, 4) is 0 Å². The monoisotopic (exact) mass is 301 g/mol. The molecule has 19 heavy (non-hydrogen) atoms. The van der Waals surface area contributed by atoms with E-state index in [1.165, 1.54) is 24.5 Å². The highest BCUT2D eigenvalue weighted by atomic mass is 32.2. The highest BCUT2D eigenvalue weighted by Crippen LogP contribution is 2.20. The SMILES string of the molecule is CN(Cc1cscn1)S(=O)(=O)c1ccc(F)c(N)c1. The maximum absolute atomic E-state index is 13.1. The zero-order valence-electron chi connectivity index (χ0n) is 10.1. The van der Waals surface area contributed by atoms with Crippen molar-refractivity contribution in [2.24, 2.45) is 0 Å². The standard InChI is InChI=1S/C11H12FN3O2S2/c1-15(5-8-6-18-7-14-8)19(16,17)9-2-3-10(12)11(13)4-9/h2-4,6-7H,5,13H2,1H3. The van der Waals surface area contributed by atoms with Gasteiger partial charge in [-0.1, -0.05) is 0 Å². The summed E-state index contributed by atoms with van der Waals surface area (Å²) in [6, 6.07) is 3.35. The number of anilines is 1. The first-order valence-electron chi connectivity index (χ1n) is 5.29. The Balaban J connectivity index is 2.28. The van der Waals surface area contributed by atoms with Gasteiger partial charge in [-0.05, 0) is 18.2 Å². The maximum atomic E-state index is 13.1. The minimum Gasteiger partial charge on any atom is -0.396 e. The number of sulfonamides is 1. The normalized spacial score (nSPS) is 11.9. The zero-order valence-corrected chi connectivity index (χ0v) is 11.7. The van der Waals surface area contributed by atoms with Crippen molar-refractivity contribution in [3.63, 3.8) is 0 Å². The van der Waals surface area contributed by atoms with Crippen molar-refractivity contribution >= 4 is 27.0 Å². The molecule has 0 aliphatic carbocycles. The molecule has 5 nitrogen and oxygen atoms in total. The number of nitrogens with two attached hydrogens (primary N) is 1. The second kappa shape index (κ2) is 5.24. The van der Waals surface area contributed by atoms with Crippen LogP contribution in [0.2, 0.25) is 0 Å². The van der Waals surface area contributed by atoms with Crippen molar-refractivity contribution in [1.82, 2.24) is 9.29 Å². The third kappa shape index (κ3) is 2.91. The van der Waals surface area contributed by atoms with Gasteiger partial charge in [0.05, 0.1) is 28.3 Å². The van der Waals surface area contributed by atoms with Crippen molar-refractivity contribution in [2.45, 2.75) is 11.4 Å². The van der Waals surface area contributed by atoms with Crippen LogP contribution in [-0.4, -0.2) is 24.8 Å². The van der Waals surface area contributed by atoms with E-state index in [1.54, 1.807) is 10.9 Å². The van der Waals surface area contributed by atoms with Crippen LogP contribution in [0.4, 0.5) is 10.1 Å². The van der Waals surface area contributed by atoms with Gasteiger partial charge in [-0.15, -0.1) is 11.3 Å². The smallest absolute Gasteiger partial charge is 0.243 e. The second-order valence-electron chi connectivity index (χ2n) is 3.92. The van der Waals surface area contributed by atoms with E-state index in [0.29, 0.717) is 5.69 Å². The van der Waals surface area contributed by atoms with Gasteiger partial charge >= 0.3 is 0 Å². The number of hydrogen-bond acceptors (Lipinski definition) is 5. The number of nitrogen functional groups attached to an aromatic ring is 1. The second-order valence-corrected chi connectivity index (χ2v) is 6.69. The van der Waals surface area contributed by atoms with Gasteiger partial charge in [0.25, 0.3) is 0 Å². The zero-order chi connectivity index (χ0) is 14.0. The highest BCUT2D eigenvalue weighted by molar-refractivity contribution is 7.89.